The molecule has 5 nitrogen and oxygen atoms in total. The predicted octanol–water partition coefficient (Wildman–Crippen LogP) is 4.09. The van der Waals surface area contributed by atoms with Crippen LogP contribution in [0, 0.1) is 0 Å². The van der Waals surface area contributed by atoms with Crippen LogP contribution in [0.1, 0.15) is 23.1 Å². The van der Waals surface area contributed by atoms with Crippen LogP contribution < -0.4 is 20.5 Å². The Morgan fingerprint density at radius 3 is 2.54 bits per heavy atom. The number of halogens is 4. The van der Waals surface area contributed by atoms with Gasteiger partial charge in [-0.15, -0.1) is 24.0 Å². The molecule has 0 bridgehead atoms. The molecule has 0 radical (unpaired) electrons. The molecule has 1 aliphatic heterocycles. The van der Waals surface area contributed by atoms with Crippen LogP contribution >= 0.6 is 24.0 Å². The number of rotatable bonds is 4. The third-order valence-electron chi connectivity index (χ3n) is 3.97. The van der Waals surface area contributed by atoms with Gasteiger partial charge in [-0.05, 0) is 35.4 Å². The summed E-state index contributed by atoms with van der Waals surface area (Å²) in [6.07, 6.45) is -3.54. The largest absolute Gasteiger partial charge is 0.490 e. The minimum Gasteiger partial charge on any atom is -0.490 e. The summed E-state index contributed by atoms with van der Waals surface area (Å²) < 4.78 is 49.4. The SMILES string of the molecule is I.NC(=NCc1cccc(C(F)(F)F)c1)NCc1ccc2c(c1)OCCCO2. The van der Waals surface area contributed by atoms with Gasteiger partial charge < -0.3 is 20.5 Å². The lowest BCUT2D eigenvalue weighted by atomic mass is 10.1. The van der Waals surface area contributed by atoms with Gasteiger partial charge in [0.1, 0.15) is 0 Å². The van der Waals surface area contributed by atoms with E-state index < -0.39 is 11.7 Å². The van der Waals surface area contributed by atoms with Crippen molar-refractivity contribution in [2.24, 2.45) is 10.7 Å². The van der Waals surface area contributed by atoms with Crippen LogP contribution in [0.3, 0.4) is 0 Å². The molecule has 2 aromatic rings. The van der Waals surface area contributed by atoms with Crippen molar-refractivity contribution in [2.75, 3.05) is 13.2 Å². The molecule has 0 amide bonds. The zero-order valence-electron chi connectivity index (χ0n) is 15.0. The van der Waals surface area contributed by atoms with Gasteiger partial charge in [0, 0.05) is 13.0 Å². The van der Waals surface area contributed by atoms with Gasteiger partial charge in [-0.3, -0.25) is 0 Å². The Hall–Kier alpha value is -2.17. The first-order chi connectivity index (χ1) is 12.9. The molecule has 1 heterocycles. The molecule has 28 heavy (non-hydrogen) atoms. The van der Waals surface area contributed by atoms with Gasteiger partial charge in [-0.2, -0.15) is 13.2 Å². The average Bonchev–Trinajstić information content (AvgIpc) is 2.89. The summed E-state index contributed by atoms with van der Waals surface area (Å²) in [6.45, 7) is 1.70. The third-order valence-corrected chi connectivity index (χ3v) is 3.97. The molecule has 0 saturated heterocycles. The van der Waals surface area contributed by atoms with Crippen molar-refractivity contribution in [2.45, 2.75) is 25.7 Å². The number of alkyl halides is 3. The zero-order valence-corrected chi connectivity index (χ0v) is 17.3. The van der Waals surface area contributed by atoms with Crippen molar-refractivity contribution in [1.82, 2.24) is 5.32 Å². The highest BCUT2D eigenvalue weighted by Gasteiger charge is 2.30. The molecule has 152 valence electrons. The number of aliphatic imine (C=N–C) groups is 1. The number of fused-ring (bicyclic) bond motifs is 1. The summed E-state index contributed by atoms with van der Waals surface area (Å²) in [5.74, 6) is 1.55. The summed E-state index contributed by atoms with van der Waals surface area (Å²) in [5, 5.41) is 2.95. The second-order valence-electron chi connectivity index (χ2n) is 6.08. The molecule has 0 saturated carbocycles. The first kappa shape index (κ1) is 22.1. The normalized spacial score (nSPS) is 14.0. The van der Waals surface area contributed by atoms with Crippen LogP contribution in [0.15, 0.2) is 47.5 Å². The van der Waals surface area contributed by atoms with Gasteiger partial charge in [0.05, 0.1) is 25.3 Å². The Morgan fingerprint density at radius 1 is 1.04 bits per heavy atom. The van der Waals surface area contributed by atoms with Crippen LogP contribution in [-0.2, 0) is 19.3 Å². The quantitative estimate of drug-likeness (QED) is 0.372. The molecule has 0 spiro atoms. The predicted molar refractivity (Wildman–Crippen MR) is 111 cm³/mol. The van der Waals surface area contributed by atoms with Crippen molar-refractivity contribution in [3.8, 4) is 11.5 Å². The van der Waals surface area contributed by atoms with E-state index in [1.54, 1.807) is 6.07 Å². The highest BCUT2D eigenvalue weighted by molar-refractivity contribution is 14.0. The molecular formula is C19H21F3IN3O2. The fourth-order valence-corrected chi connectivity index (χ4v) is 2.59. The number of nitrogens with one attached hydrogen (secondary N) is 1. The highest BCUT2D eigenvalue weighted by Crippen LogP contribution is 2.31. The minimum atomic E-state index is -4.37. The smallest absolute Gasteiger partial charge is 0.416 e. The van der Waals surface area contributed by atoms with E-state index in [1.807, 2.05) is 18.2 Å². The van der Waals surface area contributed by atoms with Crippen LogP contribution in [0.5, 0.6) is 11.5 Å². The van der Waals surface area contributed by atoms with E-state index in [4.69, 9.17) is 15.2 Å². The van der Waals surface area contributed by atoms with Crippen molar-refractivity contribution >= 4 is 29.9 Å². The van der Waals surface area contributed by atoms with Crippen molar-refractivity contribution < 1.29 is 22.6 Å². The summed E-state index contributed by atoms with van der Waals surface area (Å²) in [6, 6.07) is 10.6. The lowest BCUT2D eigenvalue weighted by Gasteiger charge is -2.11. The maximum atomic E-state index is 12.7. The minimum absolute atomic E-state index is 0. The molecule has 9 heteroatoms. The van der Waals surface area contributed by atoms with Gasteiger partial charge in [0.25, 0.3) is 0 Å². The Morgan fingerprint density at radius 2 is 1.79 bits per heavy atom. The summed E-state index contributed by atoms with van der Waals surface area (Å²) >= 11 is 0. The molecule has 0 fully saturated rings. The summed E-state index contributed by atoms with van der Waals surface area (Å²) in [5.41, 5.74) is 6.48. The number of guanidine groups is 1. The second-order valence-corrected chi connectivity index (χ2v) is 6.08. The number of hydrogen-bond acceptors (Lipinski definition) is 3. The second kappa shape index (κ2) is 9.85. The van der Waals surface area contributed by atoms with Crippen molar-refractivity contribution in [1.29, 1.82) is 0 Å². The third kappa shape index (κ3) is 6.18. The standard InChI is InChI=1S/C19H20F3N3O2.HI/c20-19(21,22)15-4-1-3-13(9-15)11-24-18(23)25-12-14-5-6-16-17(10-14)27-8-2-7-26-16;/h1,3-6,9-10H,2,7-8,11-12H2,(H3,23,24,25);1H. The number of nitrogens with zero attached hydrogens (tertiary/aromatic N) is 1. The van der Waals surface area contributed by atoms with E-state index in [2.05, 4.69) is 10.3 Å². The molecule has 0 aliphatic carbocycles. The van der Waals surface area contributed by atoms with E-state index in [1.165, 1.54) is 6.07 Å². The number of nitrogens with two attached hydrogens (primary N) is 1. The topological polar surface area (TPSA) is 68.9 Å². The Bertz CT molecular complexity index is 828. The molecule has 1 aliphatic rings. The fraction of sp³-hybridized carbons (Fsp3) is 0.316. The Labute approximate surface area is 178 Å². The summed E-state index contributed by atoms with van der Waals surface area (Å²) in [7, 11) is 0. The van der Waals surface area contributed by atoms with Crippen molar-refractivity contribution in [3.05, 3.63) is 59.2 Å². The van der Waals surface area contributed by atoms with Crippen LogP contribution in [0.4, 0.5) is 13.2 Å². The van der Waals surface area contributed by atoms with E-state index in [0.717, 1.165) is 24.1 Å². The van der Waals surface area contributed by atoms with Gasteiger partial charge in [-0.1, -0.05) is 18.2 Å². The molecule has 3 N–H and O–H groups in total. The molecule has 2 aromatic carbocycles. The summed E-state index contributed by atoms with van der Waals surface area (Å²) in [4.78, 5) is 4.10. The van der Waals surface area contributed by atoms with E-state index in [0.29, 0.717) is 36.8 Å². The zero-order chi connectivity index (χ0) is 19.3. The average molecular weight is 507 g/mol. The molecule has 0 aromatic heterocycles. The van der Waals surface area contributed by atoms with Gasteiger partial charge in [0.15, 0.2) is 17.5 Å². The molecular weight excluding hydrogens is 486 g/mol. The Kier molecular flexibility index (Phi) is 7.78. The van der Waals surface area contributed by atoms with Gasteiger partial charge in [-0.25, -0.2) is 4.99 Å². The van der Waals surface area contributed by atoms with Crippen LogP contribution in [-0.4, -0.2) is 19.2 Å². The van der Waals surface area contributed by atoms with Crippen LogP contribution in [0.25, 0.3) is 0 Å². The molecule has 3 rings (SSSR count). The lowest BCUT2D eigenvalue weighted by Crippen LogP contribution is -2.31. The number of hydrogen-bond donors (Lipinski definition) is 2. The number of ether oxygens (including phenoxy) is 2. The monoisotopic (exact) mass is 507 g/mol. The van der Waals surface area contributed by atoms with Gasteiger partial charge >= 0.3 is 6.18 Å². The van der Waals surface area contributed by atoms with E-state index >= 15 is 0 Å². The van der Waals surface area contributed by atoms with Crippen LogP contribution in [0.2, 0.25) is 0 Å². The van der Waals surface area contributed by atoms with Crippen molar-refractivity contribution in [3.63, 3.8) is 0 Å². The van der Waals surface area contributed by atoms with Gasteiger partial charge in [0.2, 0.25) is 0 Å². The fourth-order valence-electron chi connectivity index (χ4n) is 2.59. The highest BCUT2D eigenvalue weighted by atomic mass is 127. The first-order valence-corrected chi connectivity index (χ1v) is 8.50. The Balaban J connectivity index is 0.00000280. The first-order valence-electron chi connectivity index (χ1n) is 8.50. The maximum Gasteiger partial charge on any atom is 0.416 e. The lowest BCUT2D eigenvalue weighted by molar-refractivity contribution is -0.137. The van der Waals surface area contributed by atoms with E-state index in [9.17, 15) is 13.2 Å². The molecule has 0 atom stereocenters. The van der Waals surface area contributed by atoms with E-state index in [-0.39, 0.29) is 36.5 Å². The molecule has 0 unspecified atom stereocenters. The maximum absolute atomic E-state index is 12.7. The number of benzene rings is 2.